The van der Waals surface area contributed by atoms with E-state index in [9.17, 15) is 30.3 Å². The highest BCUT2D eigenvalue weighted by Gasteiger charge is 2.68. The molecule has 4 aliphatic rings. The van der Waals surface area contributed by atoms with Gasteiger partial charge in [-0.25, -0.2) is 0 Å². The lowest BCUT2D eigenvalue weighted by Gasteiger charge is -2.61. The van der Waals surface area contributed by atoms with Gasteiger partial charge in [0.25, 0.3) is 0 Å². The van der Waals surface area contributed by atoms with Gasteiger partial charge in [0.1, 0.15) is 12.5 Å². The Morgan fingerprint density at radius 2 is 1.83 bits per heavy atom. The van der Waals surface area contributed by atoms with Crippen LogP contribution in [0.25, 0.3) is 0 Å². The van der Waals surface area contributed by atoms with E-state index in [4.69, 9.17) is 4.74 Å². The fraction of sp³-hybridized carbons (Fsp3) is 0.612. The Morgan fingerprint density at radius 1 is 1.08 bits per heavy atom. The Labute approximate surface area is 353 Å². The van der Waals surface area contributed by atoms with Gasteiger partial charge in [-0.1, -0.05) is 78.4 Å². The minimum Gasteiger partial charge on any atom is -0.396 e. The maximum absolute atomic E-state index is 12.8. The molecule has 0 amide bonds. The van der Waals surface area contributed by atoms with Gasteiger partial charge in [0, 0.05) is 43.1 Å². The van der Waals surface area contributed by atoms with E-state index in [1.165, 1.54) is 11.1 Å². The summed E-state index contributed by atoms with van der Waals surface area (Å²) in [5.41, 5.74) is 3.87. The number of aldehydes is 1. The number of methoxy groups -OCH3 is 1. The SMILES string of the molecule is C=C(C=CC=C(CO)[C@H]1CC[C@]2([C@@H]1O)[C@H]1C(=C(C)C=O)[C@@H](C=C[C@H]1CCO)C[C@]2(O)CCNC)[C@H]1CC=C(C)[C@@H](O)N[C@@](CCNC)(CCOC)Cc2cccc(c2)C1. The van der Waals surface area contributed by atoms with Crippen LogP contribution in [0.4, 0.5) is 0 Å². The third-order valence-electron chi connectivity index (χ3n) is 14.5. The smallest absolute Gasteiger partial charge is 0.145 e. The van der Waals surface area contributed by atoms with Gasteiger partial charge in [-0.2, -0.15) is 0 Å². The van der Waals surface area contributed by atoms with Crippen molar-refractivity contribution in [2.75, 3.05) is 54.1 Å². The van der Waals surface area contributed by atoms with Gasteiger partial charge in [0.2, 0.25) is 0 Å². The average Bonchev–Trinajstić information content (AvgIpc) is 3.57. The molecule has 4 bridgehead atoms. The number of fused-ring (bicyclic) bond motifs is 5. The number of ether oxygens (including phenoxy) is 1. The van der Waals surface area contributed by atoms with Crippen molar-refractivity contribution in [3.63, 3.8) is 0 Å². The quantitative estimate of drug-likeness (QED) is 0.0471. The Balaban J connectivity index is 1.43. The molecule has 0 unspecified atom stereocenters. The predicted molar refractivity (Wildman–Crippen MR) is 235 cm³/mol. The first-order valence-corrected chi connectivity index (χ1v) is 21.9. The van der Waals surface area contributed by atoms with Gasteiger partial charge in [0.05, 0.1) is 18.3 Å². The number of rotatable bonds is 17. The lowest BCUT2D eigenvalue weighted by Crippen LogP contribution is -2.65. The number of hydrogen-bond acceptors (Lipinski definition) is 10. The van der Waals surface area contributed by atoms with E-state index >= 15 is 0 Å². The lowest BCUT2D eigenvalue weighted by atomic mass is 9.45. The van der Waals surface area contributed by atoms with Gasteiger partial charge in [-0.15, -0.1) is 0 Å². The molecule has 5 rings (SSSR count). The van der Waals surface area contributed by atoms with E-state index in [2.05, 4.69) is 65.0 Å². The monoisotopic (exact) mass is 816 g/mol. The summed E-state index contributed by atoms with van der Waals surface area (Å²) in [7, 11) is 5.52. The van der Waals surface area contributed by atoms with Crippen molar-refractivity contribution >= 4 is 6.29 Å². The molecule has 1 heterocycles. The summed E-state index contributed by atoms with van der Waals surface area (Å²) >= 11 is 0. The van der Waals surface area contributed by atoms with Crippen molar-refractivity contribution in [1.29, 1.82) is 0 Å². The summed E-state index contributed by atoms with van der Waals surface area (Å²) in [5, 5.41) is 68.0. The highest BCUT2D eigenvalue weighted by atomic mass is 16.5. The molecule has 1 aliphatic heterocycles. The summed E-state index contributed by atoms with van der Waals surface area (Å²) in [6.45, 7) is 9.94. The summed E-state index contributed by atoms with van der Waals surface area (Å²) < 4.78 is 5.52. The van der Waals surface area contributed by atoms with Crippen molar-refractivity contribution in [3.8, 4) is 0 Å². The highest BCUT2D eigenvalue weighted by molar-refractivity contribution is 5.74. The summed E-state index contributed by atoms with van der Waals surface area (Å²) in [6, 6.07) is 8.71. The van der Waals surface area contributed by atoms with Crippen LogP contribution in [0.5, 0.6) is 0 Å². The second-order valence-electron chi connectivity index (χ2n) is 18.0. The van der Waals surface area contributed by atoms with Crippen molar-refractivity contribution < 1.29 is 35.1 Å². The molecule has 1 aromatic rings. The fourth-order valence-corrected chi connectivity index (χ4v) is 11.2. The maximum Gasteiger partial charge on any atom is 0.145 e. The summed E-state index contributed by atoms with van der Waals surface area (Å²) in [4.78, 5) is 12.3. The van der Waals surface area contributed by atoms with E-state index in [0.717, 1.165) is 55.2 Å². The largest absolute Gasteiger partial charge is 0.396 e. The van der Waals surface area contributed by atoms with Gasteiger partial charge in [0.15, 0.2) is 0 Å². The van der Waals surface area contributed by atoms with Crippen molar-refractivity contribution in [3.05, 3.63) is 106 Å². The Kier molecular flexibility index (Phi) is 16.9. The first-order chi connectivity index (χ1) is 28.4. The standard InChI is InChI=1S/C49H73N3O7/c1-33(39-14-13-34(2)46(57)52-47(20-23-50-4,22-26-59-6)29-37-11-8-10-36(27-37)28-39)9-7-12-41(32-55)42-17-19-49(45(42)56)44-38(18-25-53)15-16-40(43(44)35(3)31-54)30-48(49,58)21-24-51-5/h7-13,15-16,27,31,38-40,42,44-46,50-53,55-58H,1,14,17-26,28-30,32H2,2-6H3/t38-,39-,40-,42+,44+,45+,46+,47-,48+,49+/m0/s1. The van der Waals surface area contributed by atoms with Crippen LogP contribution in [0.15, 0.2) is 95.2 Å². The number of aliphatic hydroxyl groups is 5. The van der Waals surface area contributed by atoms with Gasteiger partial charge >= 0.3 is 0 Å². The number of carbonyl (C=O) groups is 1. The fourth-order valence-electron chi connectivity index (χ4n) is 11.2. The Hall–Kier alpha value is -3.03. The molecule has 10 atom stereocenters. The molecule has 2 saturated carbocycles. The number of aliphatic hydroxyl groups excluding tert-OH is 4. The molecule has 0 aromatic heterocycles. The van der Waals surface area contributed by atoms with E-state index in [1.54, 1.807) is 7.11 Å². The van der Waals surface area contributed by atoms with Crippen LogP contribution in [-0.4, -0.2) is 109 Å². The molecule has 0 radical (unpaired) electrons. The lowest BCUT2D eigenvalue weighted by molar-refractivity contribution is -0.194. The Morgan fingerprint density at radius 3 is 2.53 bits per heavy atom. The number of hydrogen-bond donors (Lipinski definition) is 8. The number of carbonyl (C=O) groups excluding carboxylic acids is 1. The first-order valence-electron chi connectivity index (χ1n) is 21.9. The van der Waals surface area contributed by atoms with E-state index in [-0.39, 0.29) is 42.4 Å². The zero-order valence-corrected chi connectivity index (χ0v) is 36.3. The maximum atomic E-state index is 12.8. The molecule has 3 aliphatic carbocycles. The number of allylic oxidation sites excluding steroid dienone is 9. The van der Waals surface area contributed by atoms with Crippen LogP contribution < -0.4 is 16.0 Å². The van der Waals surface area contributed by atoms with Crippen molar-refractivity contribution in [2.45, 2.75) is 102 Å². The van der Waals surface area contributed by atoms with Crippen LogP contribution in [-0.2, 0) is 22.4 Å². The summed E-state index contributed by atoms with van der Waals surface area (Å²) in [5.74, 6) is -0.987. The molecule has 1 spiro atoms. The zero-order valence-electron chi connectivity index (χ0n) is 36.3. The zero-order chi connectivity index (χ0) is 42.8. The van der Waals surface area contributed by atoms with Gasteiger partial charge < -0.3 is 40.9 Å². The van der Waals surface area contributed by atoms with Crippen molar-refractivity contribution in [1.82, 2.24) is 16.0 Å². The van der Waals surface area contributed by atoms with Crippen LogP contribution in [0.3, 0.4) is 0 Å². The molecular formula is C49H73N3O7. The molecule has 59 heavy (non-hydrogen) atoms. The average molecular weight is 816 g/mol. The van der Waals surface area contributed by atoms with E-state index in [0.29, 0.717) is 62.8 Å². The molecule has 2 fully saturated rings. The second kappa shape index (κ2) is 21.2. The number of benzene rings is 1. The summed E-state index contributed by atoms with van der Waals surface area (Å²) in [6.07, 6.45) is 17.3. The highest BCUT2D eigenvalue weighted by Crippen LogP contribution is 2.67. The third-order valence-corrected chi connectivity index (χ3v) is 14.5. The predicted octanol–water partition coefficient (Wildman–Crippen LogP) is 4.88. The minimum atomic E-state index is -1.24. The number of nitrogens with one attached hydrogen (secondary N) is 3. The van der Waals surface area contributed by atoms with Crippen LogP contribution in [0, 0.1) is 35.0 Å². The van der Waals surface area contributed by atoms with E-state index < -0.39 is 29.3 Å². The van der Waals surface area contributed by atoms with Crippen molar-refractivity contribution in [2.24, 2.45) is 35.0 Å². The molecule has 0 saturated heterocycles. The van der Waals surface area contributed by atoms with Gasteiger partial charge in [-0.3, -0.25) is 10.1 Å². The molecule has 8 N–H and O–H groups in total. The molecule has 326 valence electrons. The molecule has 10 heteroatoms. The minimum absolute atomic E-state index is 0.0448. The first kappa shape index (κ1) is 47.0. The van der Waals surface area contributed by atoms with Gasteiger partial charge in [-0.05, 0) is 151 Å². The van der Waals surface area contributed by atoms with E-state index in [1.807, 2.05) is 46.2 Å². The second-order valence-corrected chi connectivity index (χ2v) is 18.0. The van der Waals surface area contributed by atoms with Crippen LogP contribution >= 0.6 is 0 Å². The molecular weight excluding hydrogens is 743 g/mol. The molecule has 10 nitrogen and oxygen atoms in total. The van der Waals surface area contributed by atoms with Crippen LogP contribution in [0.1, 0.15) is 76.3 Å². The Bertz CT molecular complexity index is 1740. The normalized spacial score (nSPS) is 34.7. The topological polar surface area (TPSA) is 164 Å². The third kappa shape index (κ3) is 10.2. The molecule has 1 aromatic carbocycles. The van der Waals surface area contributed by atoms with Crippen LogP contribution in [0.2, 0.25) is 0 Å².